The summed E-state index contributed by atoms with van der Waals surface area (Å²) in [6.45, 7) is 4.70. The minimum Gasteiger partial charge on any atom is -0.497 e. The van der Waals surface area contributed by atoms with Crippen LogP contribution in [0.5, 0.6) is 11.5 Å². The molecule has 7 nitrogen and oxygen atoms in total. The summed E-state index contributed by atoms with van der Waals surface area (Å²) >= 11 is 12.5. The molecule has 0 saturated carbocycles. The summed E-state index contributed by atoms with van der Waals surface area (Å²) < 4.78 is 11.7. The average Bonchev–Trinajstić information content (AvgIpc) is 3.33. The monoisotopic (exact) mass is 579 g/mol. The van der Waals surface area contributed by atoms with E-state index in [-0.39, 0.29) is 30.5 Å². The van der Waals surface area contributed by atoms with Crippen LogP contribution in [-0.4, -0.2) is 54.6 Å². The first-order chi connectivity index (χ1) is 19.2. The highest BCUT2D eigenvalue weighted by molar-refractivity contribution is 6.30. The first kappa shape index (κ1) is 27.9. The topological polar surface area (TPSA) is 71.1 Å². The summed E-state index contributed by atoms with van der Waals surface area (Å²) in [5.74, 6) is 0.841. The lowest BCUT2D eigenvalue weighted by atomic mass is 9.88. The van der Waals surface area contributed by atoms with Crippen LogP contribution in [0.15, 0.2) is 72.8 Å². The molecule has 3 aromatic rings. The predicted octanol–water partition coefficient (Wildman–Crippen LogP) is 6.52. The molecule has 0 radical (unpaired) electrons. The molecule has 0 bridgehead atoms. The van der Waals surface area contributed by atoms with E-state index in [1.54, 1.807) is 16.9 Å². The van der Waals surface area contributed by atoms with Crippen molar-refractivity contribution in [2.24, 2.45) is 0 Å². The second-order valence-electron chi connectivity index (χ2n) is 10.1. The van der Waals surface area contributed by atoms with Gasteiger partial charge in [-0.25, -0.2) is 4.79 Å². The number of urea groups is 1. The van der Waals surface area contributed by atoms with Crippen molar-refractivity contribution < 1.29 is 19.1 Å². The van der Waals surface area contributed by atoms with Gasteiger partial charge in [-0.15, -0.1) is 0 Å². The third-order valence-corrected chi connectivity index (χ3v) is 7.53. The number of ether oxygens (including phenoxy) is 2. The molecule has 1 saturated heterocycles. The highest BCUT2D eigenvalue weighted by Gasteiger charge is 2.43. The molecule has 2 heterocycles. The Morgan fingerprint density at radius 3 is 2.23 bits per heavy atom. The number of piperazine rings is 1. The van der Waals surface area contributed by atoms with E-state index < -0.39 is 6.04 Å². The van der Waals surface area contributed by atoms with Crippen molar-refractivity contribution in [3.63, 3.8) is 0 Å². The van der Waals surface area contributed by atoms with Crippen LogP contribution in [-0.2, 0) is 4.79 Å². The lowest BCUT2D eigenvalue weighted by Crippen LogP contribution is -2.53. The minimum atomic E-state index is -0.417. The number of carbonyl (C=O) groups excluding carboxylic acids is 2. The fraction of sp³-hybridized carbons (Fsp3) is 0.290. The van der Waals surface area contributed by atoms with Gasteiger partial charge in [0, 0.05) is 40.7 Å². The maximum atomic E-state index is 14.4. The summed E-state index contributed by atoms with van der Waals surface area (Å²) in [5.41, 5.74) is 3.34. The molecule has 9 heteroatoms. The van der Waals surface area contributed by atoms with Crippen molar-refractivity contribution in [3.05, 3.63) is 99.5 Å². The molecule has 1 N–H and O–H groups in total. The van der Waals surface area contributed by atoms with Crippen molar-refractivity contribution >= 4 is 40.8 Å². The third-order valence-electron chi connectivity index (χ3n) is 7.02. The Hall–Kier alpha value is -3.68. The van der Waals surface area contributed by atoms with Gasteiger partial charge in [-0.2, -0.15) is 0 Å². The summed E-state index contributed by atoms with van der Waals surface area (Å²) in [6, 6.07) is 20.1. The fourth-order valence-electron chi connectivity index (χ4n) is 5.22. The van der Waals surface area contributed by atoms with Gasteiger partial charge >= 0.3 is 6.03 Å². The molecular weight excluding hydrogens is 549 g/mol. The number of benzene rings is 3. The zero-order valence-corrected chi connectivity index (χ0v) is 24.1. The van der Waals surface area contributed by atoms with Crippen LogP contribution in [0.3, 0.4) is 0 Å². The molecule has 40 heavy (non-hydrogen) atoms. The van der Waals surface area contributed by atoms with E-state index in [1.807, 2.05) is 80.6 Å². The molecule has 0 unspecified atom stereocenters. The lowest BCUT2D eigenvalue weighted by molar-refractivity contribution is -0.123. The molecule has 3 aromatic carbocycles. The second-order valence-corrected chi connectivity index (χ2v) is 11.0. The highest BCUT2D eigenvalue weighted by atomic mass is 35.5. The van der Waals surface area contributed by atoms with Crippen LogP contribution in [0, 0.1) is 0 Å². The van der Waals surface area contributed by atoms with E-state index in [9.17, 15) is 9.59 Å². The van der Waals surface area contributed by atoms with Crippen molar-refractivity contribution in [2.75, 3.05) is 26.7 Å². The molecule has 1 fully saturated rings. The van der Waals surface area contributed by atoms with E-state index >= 15 is 0 Å². The molecular formula is C31H31Cl2N3O4. The van der Waals surface area contributed by atoms with Crippen LogP contribution in [0.2, 0.25) is 10.0 Å². The van der Waals surface area contributed by atoms with E-state index in [4.69, 9.17) is 32.7 Å². The molecule has 5 rings (SSSR count). The van der Waals surface area contributed by atoms with Gasteiger partial charge in [0.05, 0.1) is 25.0 Å². The number of nitrogens with zero attached hydrogens (tertiary/aromatic N) is 2. The maximum Gasteiger partial charge on any atom is 0.325 e. The zero-order chi connectivity index (χ0) is 28.4. The number of amides is 3. The van der Waals surface area contributed by atoms with Gasteiger partial charge in [0.2, 0.25) is 5.91 Å². The molecule has 0 spiro atoms. The van der Waals surface area contributed by atoms with Gasteiger partial charge < -0.3 is 19.7 Å². The quantitative estimate of drug-likeness (QED) is 0.360. The predicted molar refractivity (Wildman–Crippen MR) is 157 cm³/mol. The Bertz CT molecular complexity index is 1420. The van der Waals surface area contributed by atoms with Gasteiger partial charge in [-0.3, -0.25) is 9.69 Å². The summed E-state index contributed by atoms with van der Waals surface area (Å²) in [4.78, 5) is 30.1. The smallest absolute Gasteiger partial charge is 0.325 e. The van der Waals surface area contributed by atoms with E-state index in [2.05, 4.69) is 11.4 Å². The number of halogens is 2. The van der Waals surface area contributed by atoms with E-state index in [0.717, 1.165) is 16.7 Å². The molecule has 208 valence electrons. The van der Waals surface area contributed by atoms with Crippen LogP contribution < -0.4 is 14.8 Å². The number of carbonyl (C=O) groups is 2. The van der Waals surface area contributed by atoms with Crippen LogP contribution in [0.1, 0.15) is 42.5 Å². The van der Waals surface area contributed by atoms with Crippen LogP contribution in [0.25, 0.3) is 5.70 Å². The second kappa shape index (κ2) is 11.8. The van der Waals surface area contributed by atoms with Crippen molar-refractivity contribution in [2.45, 2.75) is 31.9 Å². The van der Waals surface area contributed by atoms with Crippen molar-refractivity contribution in [1.29, 1.82) is 0 Å². The van der Waals surface area contributed by atoms with Gasteiger partial charge in [0.25, 0.3) is 0 Å². The molecule has 3 amide bonds. The van der Waals surface area contributed by atoms with Crippen LogP contribution >= 0.6 is 23.2 Å². The lowest BCUT2D eigenvalue weighted by Gasteiger charge is -2.37. The Morgan fingerprint density at radius 2 is 1.62 bits per heavy atom. The minimum absolute atomic E-state index is 0.0144. The first-order valence-electron chi connectivity index (χ1n) is 13.2. The Kier molecular flexibility index (Phi) is 8.24. The van der Waals surface area contributed by atoms with Crippen molar-refractivity contribution in [3.8, 4) is 11.5 Å². The van der Waals surface area contributed by atoms with Gasteiger partial charge in [-0.05, 0) is 67.4 Å². The molecule has 2 aliphatic rings. The number of nitrogens with one attached hydrogen (secondary N) is 1. The summed E-state index contributed by atoms with van der Waals surface area (Å²) in [6.07, 6.45) is 1.99. The number of hydrogen-bond donors (Lipinski definition) is 1. The molecule has 2 aliphatic heterocycles. The zero-order valence-electron chi connectivity index (χ0n) is 22.6. The largest absolute Gasteiger partial charge is 0.497 e. The average molecular weight is 581 g/mol. The van der Waals surface area contributed by atoms with E-state index in [1.165, 1.54) is 0 Å². The fourth-order valence-corrected chi connectivity index (χ4v) is 5.47. The third kappa shape index (κ3) is 5.76. The summed E-state index contributed by atoms with van der Waals surface area (Å²) in [7, 11) is 1.60. The SMILES string of the molecule is COc1ccc(C2=C[C@H](c3ccc(Cl)cc3)[C@H](c3ccc(Cl)cc3)N2C(=O)N2CCNC(=O)C2)c(OC(C)C)c1. The number of methoxy groups -OCH3 is 1. The van der Waals surface area contributed by atoms with E-state index in [0.29, 0.717) is 40.3 Å². The molecule has 0 aromatic heterocycles. The maximum absolute atomic E-state index is 14.4. The molecule has 0 aliphatic carbocycles. The van der Waals surface area contributed by atoms with Gasteiger partial charge in [-0.1, -0.05) is 47.5 Å². The number of hydrogen-bond acceptors (Lipinski definition) is 4. The van der Waals surface area contributed by atoms with Crippen molar-refractivity contribution in [1.82, 2.24) is 15.1 Å². The summed E-state index contributed by atoms with van der Waals surface area (Å²) in [5, 5.41) is 4.04. The van der Waals surface area contributed by atoms with Gasteiger partial charge in [0.15, 0.2) is 0 Å². The van der Waals surface area contributed by atoms with Crippen LogP contribution in [0.4, 0.5) is 4.79 Å². The Labute approximate surface area is 244 Å². The Morgan fingerprint density at radius 1 is 0.975 bits per heavy atom. The highest BCUT2D eigenvalue weighted by Crippen LogP contribution is 2.50. The number of rotatable bonds is 6. The standard InChI is InChI=1S/C31H31Cl2N3O4/c1-19(2)40-28-16-24(39-3)12-13-25(28)27-17-26(20-4-8-22(32)9-5-20)30(21-6-10-23(33)11-7-21)36(27)31(38)35-15-14-34-29(37)18-35/h4-13,16-17,19,26,30H,14-15,18H2,1-3H3,(H,34,37)/t26-,30+/m1/s1. The normalized spacial score (nSPS) is 18.9. The first-order valence-corrected chi connectivity index (χ1v) is 13.9. The Balaban J connectivity index is 1.71. The van der Waals surface area contributed by atoms with Gasteiger partial charge in [0.1, 0.15) is 18.0 Å². The molecule has 2 atom stereocenters.